The lowest BCUT2D eigenvalue weighted by atomic mass is 9.68. The van der Waals surface area contributed by atoms with Crippen LogP contribution in [0.5, 0.6) is 0 Å². The van der Waals surface area contributed by atoms with E-state index in [-0.39, 0.29) is 135 Å². The fourth-order valence-corrected chi connectivity index (χ4v) is 10.7. The van der Waals surface area contributed by atoms with Crippen molar-refractivity contribution in [2.45, 2.75) is 255 Å². The molecule has 0 bridgehead atoms. The van der Waals surface area contributed by atoms with Crippen molar-refractivity contribution in [1.29, 1.82) is 0 Å². The number of carbonyl (C=O) groups is 14. The maximum absolute atomic E-state index is 14.4. The number of hydrogen-bond donors (Lipinski definition) is 4. The molecule has 6 atom stereocenters. The summed E-state index contributed by atoms with van der Waals surface area (Å²) in [5.41, 5.74) is -3.07. The van der Waals surface area contributed by atoms with Crippen molar-refractivity contribution in [3.63, 3.8) is 0 Å². The molecule has 0 radical (unpaired) electrons. The van der Waals surface area contributed by atoms with Gasteiger partial charge in [-0.1, -0.05) is 123 Å². The van der Waals surface area contributed by atoms with Gasteiger partial charge in [-0.15, -0.1) is 0 Å². The molecule has 2 heterocycles. The third-order valence-corrected chi connectivity index (χ3v) is 16.7. The zero-order valence-electron chi connectivity index (χ0n) is 78.1. The summed E-state index contributed by atoms with van der Waals surface area (Å²) >= 11 is 0. The molecule has 0 aromatic heterocycles. The molecule has 6 unspecified atom stereocenters. The minimum absolute atomic E-state index is 0.0173. The Morgan fingerprint density at radius 3 is 1.20 bits per heavy atom. The van der Waals surface area contributed by atoms with Crippen LogP contribution >= 0.6 is 0 Å². The summed E-state index contributed by atoms with van der Waals surface area (Å²) in [7, 11) is 2.53. The molecular formula is C90H154N4O26. The summed E-state index contributed by atoms with van der Waals surface area (Å²) in [6.45, 7) is 68.9. The quantitative estimate of drug-likeness (QED) is 0.0191. The lowest BCUT2D eigenvalue weighted by Gasteiger charge is -2.40. The van der Waals surface area contributed by atoms with Crippen LogP contribution in [-0.2, 0) is 114 Å². The van der Waals surface area contributed by atoms with E-state index in [2.05, 4.69) is 69.0 Å². The van der Waals surface area contributed by atoms with Gasteiger partial charge in [-0.2, -0.15) is 0 Å². The Kier molecular flexibility index (Phi) is 61.8. The van der Waals surface area contributed by atoms with E-state index in [9.17, 15) is 72.2 Å². The first-order valence-electron chi connectivity index (χ1n) is 41.0. The van der Waals surface area contributed by atoms with E-state index < -0.39 is 93.8 Å². The molecule has 120 heavy (non-hydrogen) atoms. The number of hydrogen-bond acceptors (Lipinski definition) is 26. The van der Waals surface area contributed by atoms with Gasteiger partial charge in [-0.25, -0.2) is 28.8 Å². The minimum Gasteiger partial charge on any atom is -0.481 e. The van der Waals surface area contributed by atoms with Gasteiger partial charge >= 0.3 is 71.6 Å². The zero-order valence-corrected chi connectivity index (χ0v) is 78.1. The number of carbonyl (C=O) groups excluding carboxylic acids is 12. The molecule has 2 aliphatic rings. The monoisotopic (exact) mass is 1710 g/mol. The SMILES string of the molecule is C=C(C)C(=O)OC.C=C(C)C(=O)OCC(C)C.C=C(C)C(=O)OCCNC(C)(C)C.C=CC(=O)O.C=CN1CCCC1=O.CC(C)COC(=O)/C=C/C(=O)OCC(C)C.COC(=O)C(C)(CC(CC(CC(C)(CC(C(=O)OCC(C)C)C(C)C(=O)OCC(C)C)C(=O)OCC(C)C)N1CCCC1=O)C(=O)O)CC(C)(C)C(=O)OCCNC(C)(C)C. The van der Waals surface area contributed by atoms with Crippen molar-refractivity contribution < 1.29 is 125 Å². The molecule has 0 spiro atoms. The van der Waals surface area contributed by atoms with Crippen LogP contribution in [0.25, 0.3) is 0 Å². The number of esters is 10. The highest BCUT2D eigenvalue weighted by Gasteiger charge is 2.50. The molecule has 0 saturated carbocycles. The standard InChI is InChI=1S/C46H80N2O13.C12H20O4.C10H19NO2.C8H14O2.C6H9NO.C5H8O2.C3H4O2/c1-29(2)25-59-38(52)32(7)35(39(53)60-26-30(3)4)24-45(13,42(56)61-27-31(5)6)23-34(48-19-16-17-36(48)49)21-33(37(50)51)22-46(14,41(55)57-15)28-44(11,12)40(54)58-20-18-47-43(8,9)10;1-9(2)7-15-11(13)5-6-12(14)16-8-10(3)4;1-8(2)9(12)13-7-6-11-10(3,4)5;1-6(2)5-10-8(9)7(3)4;1-2-7-5-3-4-6(7)8;1-4(2)5(6)7-3;1-2-3(4)5/h29-35,47H,16-28H2,1-15H3,(H,50,51);5-6,9-10H,7-8H2,1-4H3;11H,1,6-7H2,2-5H3;6H,3,5H2,1-2,4H3;2H,1,3-5H2;1H2,2-3H3;2H,1H2,(H,4,5)/b;6-5+;;;;;. The van der Waals surface area contributed by atoms with Crippen LogP contribution in [0, 0.1) is 69.5 Å². The van der Waals surface area contributed by atoms with E-state index >= 15 is 0 Å². The van der Waals surface area contributed by atoms with E-state index in [1.165, 1.54) is 14.2 Å². The molecule has 30 heteroatoms. The Hall–Kier alpha value is -9.06. The maximum Gasteiger partial charge on any atom is 0.333 e. The van der Waals surface area contributed by atoms with Gasteiger partial charge < -0.3 is 78.0 Å². The Bertz CT molecular complexity index is 3250. The van der Waals surface area contributed by atoms with Crippen LogP contribution in [0.15, 0.2) is 74.0 Å². The number of methoxy groups -OCH3 is 2. The third-order valence-electron chi connectivity index (χ3n) is 16.7. The lowest BCUT2D eigenvalue weighted by Crippen LogP contribution is -2.47. The highest BCUT2D eigenvalue weighted by molar-refractivity contribution is 5.92. The fourth-order valence-electron chi connectivity index (χ4n) is 10.7. The van der Waals surface area contributed by atoms with Crippen LogP contribution in [0.2, 0.25) is 0 Å². The molecule has 4 N–H and O–H groups in total. The minimum atomic E-state index is -1.54. The van der Waals surface area contributed by atoms with Crippen LogP contribution < -0.4 is 10.6 Å². The number of carboxylic acid groups (broad SMARTS) is 2. The number of amides is 2. The molecule has 2 saturated heterocycles. The van der Waals surface area contributed by atoms with Crippen LogP contribution in [-0.4, -0.2) is 214 Å². The Morgan fingerprint density at radius 2 is 0.858 bits per heavy atom. The number of aliphatic carboxylic acids is 2. The number of carboxylic acids is 2. The summed E-state index contributed by atoms with van der Waals surface area (Å²) in [6.07, 6.45) is 6.10. The van der Waals surface area contributed by atoms with E-state index in [1.54, 1.807) is 71.4 Å². The van der Waals surface area contributed by atoms with Crippen molar-refractivity contribution in [3.05, 3.63) is 74.0 Å². The Labute approximate surface area is 717 Å². The summed E-state index contributed by atoms with van der Waals surface area (Å²) < 4.78 is 51.5. The first kappa shape index (κ1) is 119. The average Bonchev–Trinajstić information content (AvgIpc) is 1.31. The summed E-state index contributed by atoms with van der Waals surface area (Å²) in [5.74, 6) is -10.1. The number of ether oxygens (including phenoxy) is 10. The molecule has 0 aliphatic carbocycles. The largest absolute Gasteiger partial charge is 0.481 e. The second-order valence-corrected chi connectivity index (χ2v) is 35.6. The first-order valence-corrected chi connectivity index (χ1v) is 41.0. The predicted octanol–water partition coefficient (Wildman–Crippen LogP) is 13.6. The van der Waals surface area contributed by atoms with Crippen molar-refractivity contribution in [1.82, 2.24) is 20.4 Å². The number of likely N-dealkylation sites (tertiary alicyclic amines) is 2. The van der Waals surface area contributed by atoms with E-state index in [4.69, 9.17) is 47.7 Å². The lowest BCUT2D eigenvalue weighted by molar-refractivity contribution is -0.168. The molecule has 2 aliphatic heterocycles. The average molecular weight is 1710 g/mol. The zero-order chi connectivity index (χ0) is 94.4. The van der Waals surface area contributed by atoms with Gasteiger partial charge in [0.1, 0.15) is 13.2 Å². The molecule has 2 rings (SSSR count). The summed E-state index contributed by atoms with van der Waals surface area (Å²) in [6, 6.07) is -0.876. The molecule has 30 nitrogen and oxygen atoms in total. The number of nitrogens with one attached hydrogen (secondary N) is 2. The molecule has 690 valence electrons. The fraction of sp³-hybridized carbons (Fsp3) is 0.711. The second kappa shape index (κ2) is 62.1. The van der Waals surface area contributed by atoms with Crippen molar-refractivity contribution in [2.24, 2.45) is 69.5 Å². The topological polar surface area (TPSA) is 402 Å². The van der Waals surface area contributed by atoms with E-state index in [0.717, 1.165) is 31.2 Å². The summed E-state index contributed by atoms with van der Waals surface area (Å²) in [4.78, 5) is 173. The number of rotatable bonds is 43. The highest BCUT2D eigenvalue weighted by Crippen LogP contribution is 2.45. The van der Waals surface area contributed by atoms with E-state index in [0.29, 0.717) is 81.5 Å². The van der Waals surface area contributed by atoms with Gasteiger partial charge in [0.2, 0.25) is 11.8 Å². The van der Waals surface area contributed by atoms with Crippen LogP contribution in [0.3, 0.4) is 0 Å². The third kappa shape index (κ3) is 60.4. The van der Waals surface area contributed by atoms with Gasteiger partial charge in [0.05, 0.1) is 87.9 Å². The first-order chi connectivity index (χ1) is 55.0. The van der Waals surface area contributed by atoms with Crippen LogP contribution in [0.1, 0.15) is 238 Å². The molecule has 2 fully saturated rings. The van der Waals surface area contributed by atoms with E-state index in [1.807, 2.05) is 104 Å². The second-order valence-electron chi connectivity index (χ2n) is 35.6. The molecular weight excluding hydrogens is 1550 g/mol. The normalized spacial score (nSPS) is 14.4. The van der Waals surface area contributed by atoms with Gasteiger partial charge in [0, 0.05) is 91.1 Å². The predicted molar refractivity (Wildman–Crippen MR) is 460 cm³/mol. The van der Waals surface area contributed by atoms with Crippen molar-refractivity contribution in [2.75, 3.05) is 93.3 Å². The van der Waals surface area contributed by atoms with Gasteiger partial charge in [-0.05, 0) is 177 Å². The van der Waals surface area contributed by atoms with Gasteiger partial charge in [0.15, 0.2) is 0 Å². The van der Waals surface area contributed by atoms with Crippen molar-refractivity contribution in [3.8, 4) is 0 Å². The summed E-state index contributed by atoms with van der Waals surface area (Å²) in [5, 5.41) is 24.9. The van der Waals surface area contributed by atoms with Crippen molar-refractivity contribution >= 4 is 83.4 Å². The maximum atomic E-state index is 14.4. The Morgan fingerprint density at radius 1 is 0.467 bits per heavy atom. The van der Waals surface area contributed by atoms with Crippen LogP contribution in [0.4, 0.5) is 0 Å². The number of nitrogens with zero attached hydrogens (tertiary/aromatic N) is 2. The molecule has 2 amide bonds. The Balaban J connectivity index is -0.000000587. The van der Waals surface area contributed by atoms with Gasteiger partial charge in [0.25, 0.3) is 0 Å². The smallest absolute Gasteiger partial charge is 0.333 e. The van der Waals surface area contributed by atoms with Gasteiger partial charge in [-0.3, -0.25) is 38.4 Å². The highest BCUT2D eigenvalue weighted by atomic mass is 16.6. The molecule has 0 aromatic rings. The molecule has 0 aromatic carbocycles.